The largest absolute Gasteiger partial charge is 0.497 e. The molecule has 5 heteroatoms. The Bertz CT molecular complexity index is 1210. The van der Waals surface area contributed by atoms with Crippen molar-refractivity contribution < 1.29 is 9.53 Å². The maximum absolute atomic E-state index is 13.2. The van der Waals surface area contributed by atoms with E-state index in [2.05, 4.69) is 22.4 Å². The fourth-order valence-electron chi connectivity index (χ4n) is 3.75. The minimum Gasteiger partial charge on any atom is -0.497 e. The molecule has 0 bridgehead atoms. The molecule has 1 amide bonds. The molecule has 0 fully saturated rings. The molecule has 1 aromatic heterocycles. The lowest BCUT2D eigenvalue weighted by atomic mass is 10.0. The summed E-state index contributed by atoms with van der Waals surface area (Å²) in [5.74, 6) is 1.19. The van der Waals surface area contributed by atoms with Crippen LogP contribution in [0.3, 0.4) is 0 Å². The van der Waals surface area contributed by atoms with Gasteiger partial charge in [0.2, 0.25) is 0 Å². The second kappa shape index (κ2) is 10.6. The van der Waals surface area contributed by atoms with Gasteiger partial charge in [-0.3, -0.25) is 4.79 Å². The van der Waals surface area contributed by atoms with Crippen LogP contribution in [-0.2, 0) is 6.42 Å². The average molecular weight is 438 g/mol. The second-order valence-corrected chi connectivity index (χ2v) is 7.80. The topological polar surface area (TPSA) is 64.1 Å². The van der Waals surface area contributed by atoms with Crippen LogP contribution in [-0.4, -0.2) is 29.5 Å². The number of nitrogens with zero attached hydrogens (tertiary/aromatic N) is 2. The van der Waals surface area contributed by atoms with Crippen LogP contribution in [0, 0.1) is 6.92 Å². The zero-order valence-electron chi connectivity index (χ0n) is 18.9. The highest BCUT2D eigenvalue weighted by molar-refractivity contribution is 6.01. The molecule has 5 nitrogen and oxygen atoms in total. The zero-order valence-corrected chi connectivity index (χ0v) is 18.9. The van der Waals surface area contributed by atoms with Gasteiger partial charge in [0, 0.05) is 17.7 Å². The van der Waals surface area contributed by atoms with E-state index in [9.17, 15) is 4.79 Å². The number of carbonyl (C=O) groups excluding carboxylic acids is 1. The molecule has 0 aliphatic carbocycles. The number of carbonyl (C=O) groups is 1. The number of amides is 1. The first kappa shape index (κ1) is 22.2. The van der Waals surface area contributed by atoms with Crippen LogP contribution < -0.4 is 10.1 Å². The molecule has 0 spiro atoms. The highest BCUT2D eigenvalue weighted by atomic mass is 16.5. The second-order valence-electron chi connectivity index (χ2n) is 7.80. The van der Waals surface area contributed by atoms with Gasteiger partial charge in [0.25, 0.3) is 5.91 Å². The third-order valence-corrected chi connectivity index (χ3v) is 5.48. The Morgan fingerprint density at radius 1 is 0.848 bits per heavy atom. The molecular formula is C28H27N3O2. The van der Waals surface area contributed by atoms with Gasteiger partial charge in [0.05, 0.1) is 24.1 Å². The standard InChI is InChI=1S/C28H27N3O2/c1-20-25(28(32)29-19-9-12-21-10-5-3-6-11-21)26(22-15-17-24(33-2)18-16-22)31-27(30-20)23-13-7-4-8-14-23/h3-8,10-11,13-18H,9,12,19H2,1-2H3,(H,29,32). The van der Waals surface area contributed by atoms with Gasteiger partial charge in [0.1, 0.15) is 5.75 Å². The molecule has 1 heterocycles. The number of ether oxygens (including phenoxy) is 1. The smallest absolute Gasteiger partial charge is 0.255 e. The number of hydrogen-bond acceptors (Lipinski definition) is 4. The molecule has 4 rings (SSSR count). The van der Waals surface area contributed by atoms with Crippen molar-refractivity contribution in [2.75, 3.05) is 13.7 Å². The number of aryl methyl sites for hydroxylation is 2. The summed E-state index contributed by atoms with van der Waals surface area (Å²) in [7, 11) is 1.63. The van der Waals surface area contributed by atoms with E-state index in [1.54, 1.807) is 7.11 Å². The van der Waals surface area contributed by atoms with Crippen molar-refractivity contribution >= 4 is 5.91 Å². The third-order valence-electron chi connectivity index (χ3n) is 5.48. The average Bonchev–Trinajstić information content (AvgIpc) is 2.87. The molecule has 0 aliphatic heterocycles. The summed E-state index contributed by atoms with van der Waals surface area (Å²) >= 11 is 0. The molecular weight excluding hydrogens is 410 g/mol. The Labute approximate surface area is 194 Å². The molecule has 0 saturated heterocycles. The lowest BCUT2D eigenvalue weighted by Gasteiger charge is -2.14. The predicted molar refractivity (Wildman–Crippen MR) is 131 cm³/mol. The number of methoxy groups -OCH3 is 1. The Kier molecular flexibility index (Phi) is 7.10. The minimum absolute atomic E-state index is 0.161. The number of hydrogen-bond donors (Lipinski definition) is 1. The molecule has 0 aliphatic rings. The molecule has 4 aromatic rings. The minimum atomic E-state index is -0.161. The normalized spacial score (nSPS) is 10.6. The molecule has 1 N–H and O–H groups in total. The first-order valence-electron chi connectivity index (χ1n) is 11.1. The highest BCUT2D eigenvalue weighted by Gasteiger charge is 2.20. The summed E-state index contributed by atoms with van der Waals surface area (Å²) in [6.45, 7) is 2.44. The first-order chi connectivity index (χ1) is 16.2. The van der Waals surface area contributed by atoms with Crippen LogP contribution in [0.25, 0.3) is 22.6 Å². The van der Waals surface area contributed by atoms with Crippen LogP contribution in [0.5, 0.6) is 5.75 Å². The van der Waals surface area contributed by atoms with E-state index in [1.807, 2.05) is 79.7 Å². The van der Waals surface area contributed by atoms with Crippen LogP contribution in [0.1, 0.15) is 28.0 Å². The SMILES string of the molecule is COc1ccc(-c2nc(-c3ccccc3)nc(C)c2C(=O)NCCCc2ccccc2)cc1. The summed E-state index contributed by atoms with van der Waals surface area (Å²) in [6, 6.07) is 27.7. The van der Waals surface area contributed by atoms with Crippen LogP contribution >= 0.6 is 0 Å². The summed E-state index contributed by atoms with van der Waals surface area (Å²) < 4.78 is 5.29. The molecule has 0 saturated carbocycles. The Hall–Kier alpha value is -3.99. The van der Waals surface area contributed by atoms with Crippen molar-refractivity contribution in [3.8, 4) is 28.4 Å². The summed E-state index contributed by atoms with van der Waals surface area (Å²) in [4.78, 5) is 22.7. The van der Waals surface area contributed by atoms with E-state index in [0.717, 1.165) is 29.7 Å². The van der Waals surface area contributed by atoms with Crippen molar-refractivity contribution in [1.82, 2.24) is 15.3 Å². The van der Waals surface area contributed by atoms with Gasteiger partial charge < -0.3 is 10.1 Å². The maximum atomic E-state index is 13.2. The van der Waals surface area contributed by atoms with Gasteiger partial charge in [-0.25, -0.2) is 9.97 Å². The summed E-state index contributed by atoms with van der Waals surface area (Å²) in [5, 5.41) is 3.06. The fraction of sp³-hybridized carbons (Fsp3) is 0.179. The fourth-order valence-corrected chi connectivity index (χ4v) is 3.75. The molecule has 0 atom stereocenters. The van der Waals surface area contributed by atoms with E-state index >= 15 is 0 Å². The number of aromatic nitrogens is 2. The highest BCUT2D eigenvalue weighted by Crippen LogP contribution is 2.28. The lowest BCUT2D eigenvalue weighted by molar-refractivity contribution is 0.0952. The van der Waals surface area contributed by atoms with Gasteiger partial charge >= 0.3 is 0 Å². The molecule has 0 unspecified atom stereocenters. The molecule has 0 radical (unpaired) electrons. The van der Waals surface area contributed by atoms with Gasteiger partial charge in [-0.1, -0.05) is 60.7 Å². The molecule has 166 valence electrons. The first-order valence-corrected chi connectivity index (χ1v) is 11.1. The van der Waals surface area contributed by atoms with Crippen LogP contribution in [0.15, 0.2) is 84.9 Å². The Morgan fingerprint density at radius 2 is 1.52 bits per heavy atom. The van der Waals surface area contributed by atoms with Crippen molar-refractivity contribution in [1.29, 1.82) is 0 Å². The van der Waals surface area contributed by atoms with Crippen LogP contribution in [0.2, 0.25) is 0 Å². The zero-order chi connectivity index (χ0) is 23.0. The monoisotopic (exact) mass is 437 g/mol. The summed E-state index contributed by atoms with van der Waals surface area (Å²) in [5.41, 5.74) is 4.77. The van der Waals surface area contributed by atoms with Crippen molar-refractivity contribution in [3.05, 3.63) is 102 Å². The quantitative estimate of drug-likeness (QED) is 0.370. The Balaban J connectivity index is 1.61. The predicted octanol–water partition coefficient (Wildman–Crippen LogP) is 5.49. The third kappa shape index (κ3) is 5.44. The van der Waals surface area contributed by atoms with Crippen molar-refractivity contribution in [3.63, 3.8) is 0 Å². The number of nitrogens with one attached hydrogen (secondary N) is 1. The van der Waals surface area contributed by atoms with E-state index < -0.39 is 0 Å². The van der Waals surface area contributed by atoms with Gasteiger partial charge in [0.15, 0.2) is 5.82 Å². The van der Waals surface area contributed by atoms with Crippen molar-refractivity contribution in [2.45, 2.75) is 19.8 Å². The number of benzene rings is 3. The van der Waals surface area contributed by atoms with Crippen molar-refractivity contribution in [2.24, 2.45) is 0 Å². The number of rotatable bonds is 8. The van der Waals surface area contributed by atoms with E-state index in [0.29, 0.717) is 29.3 Å². The lowest BCUT2D eigenvalue weighted by Crippen LogP contribution is -2.27. The molecule has 3 aromatic carbocycles. The van der Waals surface area contributed by atoms with Gasteiger partial charge in [-0.15, -0.1) is 0 Å². The van der Waals surface area contributed by atoms with Gasteiger partial charge in [-0.2, -0.15) is 0 Å². The maximum Gasteiger partial charge on any atom is 0.255 e. The van der Waals surface area contributed by atoms with Crippen LogP contribution in [0.4, 0.5) is 0 Å². The summed E-state index contributed by atoms with van der Waals surface area (Å²) in [6.07, 6.45) is 1.77. The molecule has 33 heavy (non-hydrogen) atoms. The van der Waals surface area contributed by atoms with Gasteiger partial charge in [-0.05, 0) is 49.6 Å². The Morgan fingerprint density at radius 3 is 2.18 bits per heavy atom. The van der Waals surface area contributed by atoms with E-state index in [4.69, 9.17) is 9.72 Å². The van der Waals surface area contributed by atoms with E-state index in [-0.39, 0.29) is 5.91 Å². The van der Waals surface area contributed by atoms with E-state index in [1.165, 1.54) is 5.56 Å².